The smallest absolute Gasteiger partial charge is 0.250 e. The second-order valence-electron chi connectivity index (χ2n) is 8.24. The average Bonchev–Trinajstić information content (AvgIpc) is 3.42. The highest BCUT2D eigenvalue weighted by atomic mass is 35.5. The van der Waals surface area contributed by atoms with Crippen LogP contribution in [-0.2, 0) is 15.1 Å². The number of fused-ring (bicyclic) bond motifs is 4. The SMILES string of the molecule is COc1ccc(OC)c(NC(=O)[C@@H]2C[C@H]3CCCN3[C@]23C(=O)Nc2ccc(Cl)cc23)c1. The number of hydrogen-bond acceptors (Lipinski definition) is 5. The first-order chi connectivity index (χ1) is 15.0. The standard InChI is InChI=1S/C23H24ClN3O4/c1-30-15-6-8-20(31-2)19(12-15)25-21(28)17-11-14-4-3-9-27(14)23(17)16-10-13(24)5-7-18(16)26-22(23)29/h5-8,10,12,14,17H,3-4,9,11H2,1-2H3,(H,25,28)(H,26,29)/t14-,17+,23+/m1/s1. The largest absolute Gasteiger partial charge is 0.497 e. The maximum Gasteiger partial charge on any atom is 0.250 e. The van der Waals surface area contributed by atoms with Crippen LogP contribution in [0.2, 0.25) is 5.02 Å². The zero-order valence-electron chi connectivity index (χ0n) is 17.4. The van der Waals surface area contributed by atoms with Crippen molar-refractivity contribution in [3.63, 3.8) is 0 Å². The third-order valence-corrected chi connectivity index (χ3v) is 7.04. The van der Waals surface area contributed by atoms with Gasteiger partial charge in [0, 0.05) is 28.4 Å². The maximum atomic E-state index is 13.7. The van der Waals surface area contributed by atoms with Gasteiger partial charge in [0.05, 0.1) is 25.8 Å². The van der Waals surface area contributed by atoms with Gasteiger partial charge in [0.1, 0.15) is 17.0 Å². The van der Waals surface area contributed by atoms with Crippen LogP contribution < -0.4 is 20.1 Å². The number of nitrogens with zero attached hydrogens (tertiary/aromatic N) is 1. The Hall–Kier alpha value is -2.77. The highest BCUT2D eigenvalue weighted by Crippen LogP contribution is 2.56. The molecule has 3 heterocycles. The second-order valence-corrected chi connectivity index (χ2v) is 8.68. The van der Waals surface area contributed by atoms with E-state index in [0.717, 1.165) is 30.6 Å². The third-order valence-electron chi connectivity index (χ3n) is 6.81. The third kappa shape index (κ3) is 2.91. The molecule has 3 atom stereocenters. The fourth-order valence-electron chi connectivity index (χ4n) is 5.53. The van der Waals surface area contributed by atoms with E-state index >= 15 is 0 Å². The summed E-state index contributed by atoms with van der Waals surface area (Å²) in [6.45, 7) is 0.774. The Bertz CT molecular complexity index is 1070. The Kier molecular flexibility index (Phi) is 4.83. The Balaban J connectivity index is 1.57. The lowest BCUT2D eigenvalue weighted by Gasteiger charge is -2.36. The van der Waals surface area contributed by atoms with Crippen molar-refractivity contribution in [1.29, 1.82) is 0 Å². The number of amides is 2. The molecule has 7 nitrogen and oxygen atoms in total. The van der Waals surface area contributed by atoms with Crippen molar-refractivity contribution in [1.82, 2.24) is 4.90 Å². The molecule has 2 aromatic carbocycles. The highest BCUT2D eigenvalue weighted by molar-refractivity contribution is 6.31. The quantitative estimate of drug-likeness (QED) is 0.757. The fourth-order valence-corrected chi connectivity index (χ4v) is 5.70. The molecular formula is C23H24ClN3O4. The number of nitrogens with one attached hydrogen (secondary N) is 2. The molecule has 2 fully saturated rings. The topological polar surface area (TPSA) is 79.9 Å². The number of rotatable bonds is 4. The van der Waals surface area contributed by atoms with Gasteiger partial charge in [-0.2, -0.15) is 0 Å². The molecule has 2 amide bonds. The normalized spacial score (nSPS) is 26.5. The number of methoxy groups -OCH3 is 2. The lowest BCUT2D eigenvalue weighted by Crippen LogP contribution is -2.53. The van der Waals surface area contributed by atoms with Gasteiger partial charge in [0.25, 0.3) is 0 Å². The fraction of sp³-hybridized carbons (Fsp3) is 0.391. The summed E-state index contributed by atoms with van der Waals surface area (Å²) in [6.07, 6.45) is 2.59. The predicted molar refractivity (Wildman–Crippen MR) is 118 cm³/mol. The van der Waals surface area contributed by atoms with Gasteiger partial charge in [-0.05, 0) is 56.1 Å². The van der Waals surface area contributed by atoms with Crippen LogP contribution in [0.3, 0.4) is 0 Å². The molecule has 3 aliphatic rings. The Morgan fingerprint density at radius 3 is 2.84 bits per heavy atom. The van der Waals surface area contributed by atoms with Crippen LogP contribution in [0, 0.1) is 5.92 Å². The first-order valence-corrected chi connectivity index (χ1v) is 10.8. The molecule has 2 N–H and O–H groups in total. The summed E-state index contributed by atoms with van der Waals surface area (Å²) in [5.41, 5.74) is 0.960. The van der Waals surface area contributed by atoms with E-state index in [9.17, 15) is 9.59 Å². The van der Waals surface area contributed by atoms with Crippen molar-refractivity contribution < 1.29 is 19.1 Å². The molecule has 2 saturated heterocycles. The average molecular weight is 442 g/mol. The molecule has 5 rings (SSSR count). The summed E-state index contributed by atoms with van der Waals surface area (Å²) < 4.78 is 10.7. The number of anilines is 2. The summed E-state index contributed by atoms with van der Waals surface area (Å²) in [6, 6.07) is 10.8. The van der Waals surface area contributed by atoms with Crippen LogP contribution in [-0.4, -0.2) is 43.5 Å². The molecule has 0 aliphatic carbocycles. The molecular weight excluding hydrogens is 418 g/mol. The molecule has 2 aromatic rings. The van der Waals surface area contributed by atoms with E-state index in [1.165, 1.54) is 0 Å². The Morgan fingerprint density at radius 2 is 2.06 bits per heavy atom. The molecule has 0 bridgehead atoms. The van der Waals surface area contributed by atoms with Gasteiger partial charge in [-0.1, -0.05) is 11.6 Å². The van der Waals surface area contributed by atoms with Crippen molar-refractivity contribution in [2.24, 2.45) is 5.92 Å². The van der Waals surface area contributed by atoms with Crippen LogP contribution in [0.1, 0.15) is 24.8 Å². The van der Waals surface area contributed by atoms with Gasteiger partial charge in [0.2, 0.25) is 11.8 Å². The van der Waals surface area contributed by atoms with E-state index < -0.39 is 11.5 Å². The summed E-state index contributed by atoms with van der Waals surface area (Å²) in [4.78, 5) is 29.4. The lowest BCUT2D eigenvalue weighted by molar-refractivity contribution is -0.135. The van der Waals surface area contributed by atoms with Gasteiger partial charge in [0.15, 0.2) is 0 Å². The van der Waals surface area contributed by atoms with E-state index in [1.807, 2.05) is 12.1 Å². The molecule has 3 aliphatic heterocycles. The van der Waals surface area contributed by atoms with Crippen LogP contribution in [0.4, 0.5) is 11.4 Å². The van der Waals surface area contributed by atoms with E-state index in [4.69, 9.17) is 21.1 Å². The first-order valence-electron chi connectivity index (χ1n) is 10.4. The number of ether oxygens (including phenoxy) is 2. The van der Waals surface area contributed by atoms with Crippen molar-refractivity contribution in [3.05, 3.63) is 47.0 Å². The van der Waals surface area contributed by atoms with Crippen LogP contribution in [0.25, 0.3) is 0 Å². The second kappa shape index (κ2) is 7.43. The summed E-state index contributed by atoms with van der Waals surface area (Å²) in [7, 11) is 3.12. The van der Waals surface area contributed by atoms with Gasteiger partial charge in [-0.15, -0.1) is 0 Å². The summed E-state index contributed by atoms with van der Waals surface area (Å²) in [5.74, 6) is 0.193. The minimum absolute atomic E-state index is 0.160. The lowest BCUT2D eigenvalue weighted by atomic mass is 9.78. The van der Waals surface area contributed by atoms with Crippen molar-refractivity contribution >= 4 is 34.8 Å². The number of halogens is 1. The predicted octanol–water partition coefficient (Wildman–Crippen LogP) is 3.63. The number of benzene rings is 2. The van der Waals surface area contributed by atoms with Crippen LogP contribution >= 0.6 is 11.6 Å². The minimum Gasteiger partial charge on any atom is -0.497 e. The van der Waals surface area contributed by atoms with Crippen LogP contribution in [0.15, 0.2) is 36.4 Å². The Morgan fingerprint density at radius 1 is 1.23 bits per heavy atom. The zero-order chi connectivity index (χ0) is 21.8. The van der Waals surface area contributed by atoms with Gasteiger partial charge in [-0.3, -0.25) is 14.5 Å². The van der Waals surface area contributed by atoms with E-state index in [0.29, 0.717) is 28.6 Å². The van der Waals surface area contributed by atoms with Gasteiger partial charge >= 0.3 is 0 Å². The molecule has 1 spiro atoms. The molecule has 0 saturated carbocycles. The molecule has 0 aromatic heterocycles. The van der Waals surface area contributed by atoms with Crippen LogP contribution in [0.5, 0.6) is 11.5 Å². The molecule has 8 heteroatoms. The molecule has 0 radical (unpaired) electrons. The van der Waals surface area contributed by atoms with Crippen molar-refractivity contribution in [2.45, 2.75) is 30.8 Å². The van der Waals surface area contributed by atoms with Gasteiger partial charge < -0.3 is 20.1 Å². The molecule has 0 unspecified atom stereocenters. The highest BCUT2D eigenvalue weighted by Gasteiger charge is 2.65. The summed E-state index contributed by atoms with van der Waals surface area (Å²) in [5, 5.41) is 6.54. The van der Waals surface area contributed by atoms with Gasteiger partial charge in [-0.25, -0.2) is 0 Å². The van der Waals surface area contributed by atoms with E-state index in [1.54, 1.807) is 38.5 Å². The maximum absolute atomic E-state index is 13.7. The number of hydrogen-bond donors (Lipinski definition) is 2. The van der Waals surface area contributed by atoms with Crippen molar-refractivity contribution in [3.8, 4) is 11.5 Å². The number of carbonyl (C=O) groups is 2. The number of carbonyl (C=O) groups excluding carboxylic acids is 2. The molecule has 162 valence electrons. The summed E-state index contributed by atoms with van der Waals surface area (Å²) >= 11 is 6.32. The van der Waals surface area contributed by atoms with E-state index in [-0.39, 0.29) is 17.9 Å². The van der Waals surface area contributed by atoms with E-state index in [2.05, 4.69) is 15.5 Å². The minimum atomic E-state index is -1.06. The zero-order valence-corrected chi connectivity index (χ0v) is 18.2. The molecule has 31 heavy (non-hydrogen) atoms. The Labute approximate surface area is 185 Å². The monoisotopic (exact) mass is 441 g/mol. The first kappa shape index (κ1) is 20.2. The van der Waals surface area contributed by atoms with Crippen molar-refractivity contribution in [2.75, 3.05) is 31.4 Å².